The third-order valence-corrected chi connectivity index (χ3v) is 4.55. The number of fused-ring (bicyclic) bond motifs is 1. The lowest BCUT2D eigenvalue weighted by Crippen LogP contribution is -2.37. The zero-order valence-corrected chi connectivity index (χ0v) is 15.4. The Morgan fingerprint density at radius 3 is 2.62 bits per heavy atom. The Morgan fingerprint density at radius 1 is 1.15 bits per heavy atom. The van der Waals surface area contributed by atoms with Crippen LogP contribution in [0.2, 0.25) is 0 Å². The van der Waals surface area contributed by atoms with Crippen molar-refractivity contribution >= 4 is 16.7 Å². The quantitative estimate of drug-likeness (QED) is 0.753. The summed E-state index contributed by atoms with van der Waals surface area (Å²) in [5.74, 6) is 0.837. The number of hydrogen-bond donors (Lipinski definition) is 1. The second-order valence-electron chi connectivity index (χ2n) is 6.21. The highest BCUT2D eigenvalue weighted by Gasteiger charge is 2.15. The van der Waals surface area contributed by atoms with Crippen molar-refractivity contribution in [2.45, 2.75) is 13.3 Å². The van der Waals surface area contributed by atoms with E-state index in [2.05, 4.69) is 10.3 Å². The summed E-state index contributed by atoms with van der Waals surface area (Å²) < 4.78 is 7.87. The largest absolute Gasteiger partial charge is 0.496 e. The first-order valence-corrected chi connectivity index (χ1v) is 8.36. The molecule has 0 aliphatic heterocycles. The first-order chi connectivity index (χ1) is 12.5. The lowest BCUT2D eigenvalue weighted by molar-refractivity contribution is 0.410. The number of hydrogen-bond acceptors (Lipinski definition) is 5. The summed E-state index contributed by atoms with van der Waals surface area (Å²) in [6, 6.07) is 7.84. The molecule has 3 rings (SSSR count). The van der Waals surface area contributed by atoms with Crippen LogP contribution < -0.4 is 21.3 Å². The van der Waals surface area contributed by atoms with E-state index in [9.17, 15) is 9.59 Å². The Labute approximate surface area is 150 Å². The van der Waals surface area contributed by atoms with E-state index in [4.69, 9.17) is 4.74 Å². The fraction of sp³-hybridized carbons (Fsp3) is 0.316. The Bertz CT molecular complexity index is 1080. The van der Waals surface area contributed by atoms with Gasteiger partial charge in [0.25, 0.3) is 5.56 Å². The maximum atomic E-state index is 12.7. The normalized spacial score (nSPS) is 10.9. The van der Waals surface area contributed by atoms with E-state index < -0.39 is 0 Å². The average Bonchev–Trinajstić information content (AvgIpc) is 2.66. The van der Waals surface area contributed by atoms with E-state index in [1.165, 1.54) is 11.6 Å². The molecule has 0 saturated carbocycles. The number of benzene rings is 1. The molecule has 136 valence electrons. The highest BCUT2D eigenvalue weighted by atomic mass is 16.5. The summed E-state index contributed by atoms with van der Waals surface area (Å²) in [5.41, 5.74) is 2.29. The van der Waals surface area contributed by atoms with Crippen LogP contribution in [0.25, 0.3) is 11.0 Å². The number of nitrogens with zero attached hydrogens (tertiary/aromatic N) is 3. The summed E-state index contributed by atoms with van der Waals surface area (Å²) >= 11 is 0. The van der Waals surface area contributed by atoms with E-state index >= 15 is 0 Å². The van der Waals surface area contributed by atoms with Gasteiger partial charge in [-0.2, -0.15) is 0 Å². The van der Waals surface area contributed by atoms with Gasteiger partial charge in [0.15, 0.2) is 5.65 Å². The van der Waals surface area contributed by atoms with Gasteiger partial charge in [-0.1, -0.05) is 18.2 Å². The van der Waals surface area contributed by atoms with Crippen molar-refractivity contribution in [3.63, 3.8) is 0 Å². The summed E-state index contributed by atoms with van der Waals surface area (Å²) in [6.07, 6.45) is 2.41. The van der Waals surface area contributed by atoms with Gasteiger partial charge in [0, 0.05) is 26.8 Å². The molecule has 0 aliphatic carbocycles. The Balaban J connectivity index is 1.99. The smallest absolute Gasteiger partial charge is 0.332 e. The zero-order chi connectivity index (χ0) is 18.8. The molecule has 1 N–H and O–H groups in total. The molecule has 3 aromatic rings. The van der Waals surface area contributed by atoms with Crippen LogP contribution in [0, 0.1) is 6.92 Å². The minimum atomic E-state index is -0.390. The SMILES string of the molecule is COc1ccccc1CCNc1c(C)cnc2c1c(=O)n(C)c(=O)n2C. The molecule has 0 atom stereocenters. The fourth-order valence-electron chi connectivity index (χ4n) is 3.08. The minimum Gasteiger partial charge on any atom is -0.496 e. The van der Waals surface area contributed by atoms with Gasteiger partial charge in [0.2, 0.25) is 0 Å². The number of aryl methyl sites for hydroxylation is 2. The number of aromatic nitrogens is 3. The van der Waals surface area contributed by atoms with Crippen LogP contribution in [0.5, 0.6) is 5.75 Å². The summed E-state index contributed by atoms with van der Waals surface area (Å²) in [5, 5.41) is 3.77. The molecular weight excluding hydrogens is 332 g/mol. The fourth-order valence-corrected chi connectivity index (χ4v) is 3.08. The molecule has 0 fully saturated rings. The minimum absolute atomic E-state index is 0.348. The Morgan fingerprint density at radius 2 is 1.88 bits per heavy atom. The number of para-hydroxylation sites is 1. The van der Waals surface area contributed by atoms with Gasteiger partial charge in [-0.3, -0.25) is 13.9 Å². The number of methoxy groups -OCH3 is 1. The highest BCUT2D eigenvalue weighted by molar-refractivity contribution is 5.89. The molecule has 1 aromatic carbocycles. The lowest BCUT2D eigenvalue weighted by Gasteiger charge is -2.15. The molecule has 0 amide bonds. The van der Waals surface area contributed by atoms with E-state index in [1.807, 2.05) is 31.2 Å². The van der Waals surface area contributed by atoms with Crippen molar-refractivity contribution in [3.05, 3.63) is 62.4 Å². The van der Waals surface area contributed by atoms with Crippen LogP contribution in [0.4, 0.5) is 5.69 Å². The third kappa shape index (κ3) is 2.96. The third-order valence-electron chi connectivity index (χ3n) is 4.55. The van der Waals surface area contributed by atoms with E-state index in [0.717, 1.165) is 27.9 Å². The average molecular weight is 354 g/mol. The molecule has 0 spiro atoms. The maximum Gasteiger partial charge on any atom is 0.332 e. The highest BCUT2D eigenvalue weighted by Crippen LogP contribution is 2.22. The van der Waals surface area contributed by atoms with Gasteiger partial charge in [0.1, 0.15) is 11.1 Å². The van der Waals surface area contributed by atoms with Crippen molar-refractivity contribution in [1.29, 1.82) is 0 Å². The monoisotopic (exact) mass is 354 g/mol. The van der Waals surface area contributed by atoms with Gasteiger partial charge >= 0.3 is 5.69 Å². The van der Waals surface area contributed by atoms with Crippen LogP contribution in [0.15, 0.2) is 40.1 Å². The molecule has 0 saturated heterocycles. The molecule has 0 unspecified atom stereocenters. The number of rotatable bonds is 5. The van der Waals surface area contributed by atoms with Crippen molar-refractivity contribution in [2.24, 2.45) is 14.1 Å². The van der Waals surface area contributed by atoms with Gasteiger partial charge in [-0.05, 0) is 30.5 Å². The second kappa shape index (κ2) is 7.03. The molecule has 0 aliphatic rings. The predicted molar refractivity (Wildman–Crippen MR) is 102 cm³/mol. The molecule has 0 radical (unpaired) electrons. The van der Waals surface area contributed by atoms with Gasteiger partial charge in [0.05, 0.1) is 12.8 Å². The first kappa shape index (κ1) is 17.7. The van der Waals surface area contributed by atoms with Gasteiger partial charge in [-0.15, -0.1) is 0 Å². The summed E-state index contributed by atoms with van der Waals surface area (Å²) in [7, 11) is 4.74. The van der Waals surface area contributed by atoms with Crippen LogP contribution >= 0.6 is 0 Å². The van der Waals surface area contributed by atoms with Gasteiger partial charge < -0.3 is 10.1 Å². The summed E-state index contributed by atoms with van der Waals surface area (Å²) in [6.45, 7) is 2.51. The van der Waals surface area contributed by atoms with Crippen LogP contribution in [0.3, 0.4) is 0 Å². The van der Waals surface area contributed by atoms with Crippen LogP contribution in [0.1, 0.15) is 11.1 Å². The van der Waals surface area contributed by atoms with Crippen molar-refractivity contribution < 1.29 is 4.74 Å². The van der Waals surface area contributed by atoms with E-state index in [-0.39, 0.29) is 11.2 Å². The van der Waals surface area contributed by atoms with Crippen molar-refractivity contribution in [3.8, 4) is 5.75 Å². The lowest BCUT2D eigenvalue weighted by atomic mass is 10.1. The number of nitrogens with one attached hydrogen (secondary N) is 1. The molecule has 26 heavy (non-hydrogen) atoms. The maximum absolute atomic E-state index is 12.7. The second-order valence-corrected chi connectivity index (χ2v) is 6.21. The van der Waals surface area contributed by atoms with E-state index in [0.29, 0.717) is 23.3 Å². The van der Waals surface area contributed by atoms with Gasteiger partial charge in [-0.25, -0.2) is 9.78 Å². The van der Waals surface area contributed by atoms with Crippen LogP contribution in [-0.2, 0) is 20.5 Å². The molecule has 7 nitrogen and oxygen atoms in total. The number of pyridine rings is 1. The first-order valence-electron chi connectivity index (χ1n) is 8.36. The predicted octanol–water partition coefficient (Wildman–Crippen LogP) is 1.60. The Kier molecular flexibility index (Phi) is 4.79. The zero-order valence-electron chi connectivity index (χ0n) is 15.4. The van der Waals surface area contributed by atoms with Crippen molar-refractivity contribution in [2.75, 3.05) is 19.0 Å². The Hall–Kier alpha value is -3.09. The molecular formula is C19H22N4O3. The molecule has 2 heterocycles. The number of ether oxygens (including phenoxy) is 1. The number of anilines is 1. The standard InChI is InChI=1S/C19H22N4O3/c1-12-11-21-17-15(18(24)23(3)19(25)22(17)2)16(12)20-10-9-13-7-5-6-8-14(13)26-4/h5-8,11H,9-10H2,1-4H3,(H,20,21). The summed E-state index contributed by atoms with van der Waals surface area (Å²) in [4.78, 5) is 29.1. The van der Waals surface area contributed by atoms with Crippen molar-refractivity contribution in [1.82, 2.24) is 14.1 Å². The molecule has 2 aromatic heterocycles. The van der Waals surface area contributed by atoms with Crippen LogP contribution in [-0.4, -0.2) is 27.8 Å². The molecule has 7 heteroatoms. The molecule has 0 bridgehead atoms. The van der Waals surface area contributed by atoms with E-state index in [1.54, 1.807) is 20.4 Å². The topological polar surface area (TPSA) is 78.2 Å².